The minimum absolute atomic E-state index is 0.117. The molecule has 0 spiro atoms. The van der Waals surface area contributed by atoms with Crippen LogP contribution >= 0.6 is 11.6 Å². The molecule has 0 saturated heterocycles. The van der Waals surface area contributed by atoms with Gasteiger partial charge in [0.25, 0.3) is 0 Å². The molecule has 0 aliphatic heterocycles. The van der Waals surface area contributed by atoms with E-state index in [-0.39, 0.29) is 17.4 Å². The lowest BCUT2D eigenvalue weighted by Crippen LogP contribution is -2.20. The van der Waals surface area contributed by atoms with E-state index >= 15 is 0 Å². The van der Waals surface area contributed by atoms with E-state index in [0.717, 1.165) is 12.5 Å². The highest BCUT2D eigenvalue weighted by Crippen LogP contribution is 2.32. The Bertz CT molecular complexity index is 398. The van der Waals surface area contributed by atoms with Gasteiger partial charge in [0, 0.05) is 12.7 Å². The van der Waals surface area contributed by atoms with E-state index in [2.05, 4.69) is 10.3 Å². The van der Waals surface area contributed by atoms with Gasteiger partial charge in [-0.25, -0.2) is 4.98 Å². The van der Waals surface area contributed by atoms with Crippen molar-refractivity contribution in [3.63, 3.8) is 0 Å². The normalized spacial score (nSPS) is 13.4. The van der Waals surface area contributed by atoms with Gasteiger partial charge in [-0.15, -0.1) is 0 Å². The van der Waals surface area contributed by atoms with Gasteiger partial charge < -0.3 is 10.4 Å². The zero-order valence-electron chi connectivity index (χ0n) is 9.76. The summed E-state index contributed by atoms with van der Waals surface area (Å²) in [5.74, 6) is 0.139. The molecule has 7 heteroatoms. The van der Waals surface area contributed by atoms with Crippen LogP contribution in [0.2, 0.25) is 5.02 Å². The van der Waals surface area contributed by atoms with Crippen molar-refractivity contribution >= 4 is 17.4 Å². The molecular weight excluding hydrogens is 269 g/mol. The summed E-state index contributed by atoms with van der Waals surface area (Å²) in [5, 5.41) is 12.1. The third kappa shape index (κ3) is 4.34. The summed E-state index contributed by atoms with van der Waals surface area (Å²) in [6.07, 6.45) is -2.91. The second kappa shape index (κ2) is 6.24. The molecular formula is C11H14ClF3N2O. The molecule has 18 heavy (non-hydrogen) atoms. The van der Waals surface area contributed by atoms with Crippen LogP contribution < -0.4 is 5.32 Å². The third-order valence-electron chi connectivity index (χ3n) is 2.30. The smallest absolute Gasteiger partial charge is 0.391 e. The lowest BCUT2D eigenvalue weighted by atomic mass is 10.2. The summed E-state index contributed by atoms with van der Waals surface area (Å²) in [4.78, 5) is 3.60. The van der Waals surface area contributed by atoms with E-state index in [9.17, 15) is 18.3 Å². The fourth-order valence-electron chi connectivity index (χ4n) is 1.37. The number of anilines is 1. The molecule has 1 unspecified atom stereocenters. The lowest BCUT2D eigenvalue weighted by molar-refractivity contribution is -0.137. The number of hydrogen-bond donors (Lipinski definition) is 2. The van der Waals surface area contributed by atoms with Gasteiger partial charge in [-0.05, 0) is 12.5 Å². The van der Waals surface area contributed by atoms with Crippen LogP contribution in [0, 0.1) is 0 Å². The molecule has 1 aromatic rings. The molecule has 1 aromatic heterocycles. The van der Waals surface area contributed by atoms with Gasteiger partial charge in [-0.1, -0.05) is 24.9 Å². The van der Waals surface area contributed by atoms with Gasteiger partial charge >= 0.3 is 6.18 Å². The Kier molecular flexibility index (Phi) is 5.22. The van der Waals surface area contributed by atoms with E-state index in [4.69, 9.17) is 11.6 Å². The molecule has 1 atom stereocenters. The second-order valence-corrected chi connectivity index (χ2v) is 4.28. The molecule has 1 heterocycles. The average molecular weight is 283 g/mol. The maximum atomic E-state index is 12.4. The van der Waals surface area contributed by atoms with Crippen molar-refractivity contribution in [1.82, 2.24) is 4.98 Å². The highest BCUT2D eigenvalue weighted by molar-refractivity contribution is 6.32. The molecule has 0 aliphatic rings. The molecule has 102 valence electrons. The Morgan fingerprint density at radius 3 is 2.67 bits per heavy atom. The van der Waals surface area contributed by atoms with Gasteiger partial charge in [0.2, 0.25) is 0 Å². The van der Waals surface area contributed by atoms with E-state index in [1.165, 1.54) is 0 Å². The SMILES string of the molecule is CCCC(O)CNc1ncc(C(F)(F)F)cc1Cl. The standard InChI is InChI=1S/C11H14ClF3N2O/c1-2-3-8(18)6-17-10-9(12)4-7(5-16-10)11(13,14)15/h4-5,8,18H,2-3,6H2,1H3,(H,16,17). The molecule has 2 N–H and O–H groups in total. The van der Waals surface area contributed by atoms with Crippen molar-refractivity contribution < 1.29 is 18.3 Å². The molecule has 1 rings (SSSR count). The number of hydrogen-bond acceptors (Lipinski definition) is 3. The number of aromatic nitrogens is 1. The van der Waals surface area contributed by atoms with Crippen molar-refractivity contribution in [2.24, 2.45) is 0 Å². The van der Waals surface area contributed by atoms with Crippen LogP contribution in [0.25, 0.3) is 0 Å². The summed E-state index contributed by atoms with van der Waals surface area (Å²) in [6, 6.07) is 0.809. The number of aliphatic hydroxyl groups is 1. The van der Waals surface area contributed by atoms with Crippen LogP contribution in [0.1, 0.15) is 25.3 Å². The first kappa shape index (κ1) is 15.0. The van der Waals surface area contributed by atoms with Crippen LogP contribution in [-0.4, -0.2) is 22.7 Å². The number of rotatable bonds is 5. The number of pyridine rings is 1. The summed E-state index contributed by atoms with van der Waals surface area (Å²) >= 11 is 5.69. The van der Waals surface area contributed by atoms with E-state index in [0.29, 0.717) is 12.6 Å². The number of alkyl halides is 3. The minimum atomic E-state index is -4.46. The van der Waals surface area contributed by atoms with Crippen LogP contribution in [0.4, 0.5) is 19.0 Å². The summed E-state index contributed by atoms with van der Waals surface area (Å²) in [5.41, 5.74) is -0.896. The number of nitrogens with zero attached hydrogens (tertiary/aromatic N) is 1. The number of halogens is 4. The Labute approximate surface area is 108 Å². The fraction of sp³-hybridized carbons (Fsp3) is 0.545. The molecule has 0 bridgehead atoms. The van der Waals surface area contributed by atoms with E-state index in [1.54, 1.807) is 0 Å². The van der Waals surface area contributed by atoms with Gasteiger partial charge in [-0.3, -0.25) is 0 Å². The van der Waals surface area contributed by atoms with Crippen molar-refractivity contribution in [1.29, 1.82) is 0 Å². The summed E-state index contributed by atoms with van der Waals surface area (Å²) < 4.78 is 37.1. The first-order chi connectivity index (χ1) is 8.34. The molecule has 0 amide bonds. The second-order valence-electron chi connectivity index (χ2n) is 3.88. The van der Waals surface area contributed by atoms with Crippen LogP contribution in [-0.2, 0) is 6.18 Å². The summed E-state index contributed by atoms with van der Waals surface area (Å²) in [7, 11) is 0. The first-order valence-electron chi connectivity index (χ1n) is 5.49. The zero-order chi connectivity index (χ0) is 13.8. The Hall–Kier alpha value is -1.01. The van der Waals surface area contributed by atoms with Gasteiger partial charge in [0.05, 0.1) is 16.7 Å². The summed E-state index contributed by atoms with van der Waals surface area (Å²) in [6.45, 7) is 2.12. The molecule has 0 aromatic carbocycles. The van der Waals surface area contributed by atoms with Crippen molar-refractivity contribution in [3.8, 4) is 0 Å². The van der Waals surface area contributed by atoms with Crippen LogP contribution in [0.3, 0.4) is 0 Å². The predicted molar refractivity (Wildman–Crippen MR) is 63.7 cm³/mol. The maximum Gasteiger partial charge on any atom is 0.417 e. The maximum absolute atomic E-state index is 12.4. The van der Waals surface area contributed by atoms with Crippen LogP contribution in [0.15, 0.2) is 12.3 Å². The minimum Gasteiger partial charge on any atom is -0.391 e. The Morgan fingerprint density at radius 1 is 1.50 bits per heavy atom. The molecule has 0 saturated carbocycles. The van der Waals surface area contributed by atoms with Crippen molar-refractivity contribution in [3.05, 3.63) is 22.8 Å². The lowest BCUT2D eigenvalue weighted by Gasteiger charge is -2.13. The van der Waals surface area contributed by atoms with E-state index in [1.807, 2.05) is 6.92 Å². The highest BCUT2D eigenvalue weighted by Gasteiger charge is 2.31. The monoisotopic (exact) mass is 282 g/mol. The first-order valence-corrected chi connectivity index (χ1v) is 5.87. The molecule has 3 nitrogen and oxygen atoms in total. The quantitative estimate of drug-likeness (QED) is 0.871. The third-order valence-corrected chi connectivity index (χ3v) is 2.58. The van der Waals surface area contributed by atoms with E-state index < -0.39 is 17.8 Å². The zero-order valence-corrected chi connectivity index (χ0v) is 10.5. The van der Waals surface area contributed by atoms with Gasteiger partial charge in [0.15, 0.2) is 0 Å². The van der Waals surface area contributed by atoms with Crippen molar-refractivity contribution in [2.45, 2.75) is 32.0 Å². The molecule has 0 radical (unpaired) electrons. The van der Waals surface area contributed by atoms with Gasteiger partial charge in [0.1, 0.15) is 5.82 Å². The van der Waals surface area contributed by atoms with Gasteiger partial charge in [-0.2, -0.15) is 13.2 Å². The molecule has 0 fully saturated rings. The van der Waals surface area contributed by atoms with Crippen molar-refractivity contribution in [2.75, 3.05) is 11.9 Å². The topological polar surface area (TPSA) is 45.1 Å². The predicted octanol–water partition coefficient (Wildman–Crippen LogP) is 3.33. The average Bonchev–Trinajstić information content (AvgIpc) is 2.26. The van der Waals surface area contributed by atoms with Crippen LogP contribution in [0.5, 0.6) is 0 Å². The molecule has 0 aliphatic carbocycles. The number of nitrogens with one attached hydrogen (secondary N) is 1. The largest absolute Gasteiger partial charge is 0.417 e. The Morgan fingerprint density at radius 2 is 2.17 bits per heavy atom. The fourth-order valence-corrected chi connectivity index (χ4v) is 1.61. The Balaban J connectivity index is 2.69. The highest BCUT2D eigenvalue weighted by atomic mass is 35.5. The number of aliphatic hydroxyl groups excluding tert-OH is 1.